The van der Waals surface area contributed by atoms with E-state index in [0.29, 0.717) is 36.3 Å². The number of nitrogens with one attached hydrogen (secondary N) is 1. The van der Waals surface area contributed by atoms with E-state index in [1.165, 1.54) is 0 Å². The van der Waals surface area contributed by atoms with Crippen molar-refractivity contribution in [3.05, 3.63) is 77.9 Å². The normalized spacial score (nSPS) is 17.1. The highest BCUT2D eigenvalue weighted by Gasteiger charge is 2.44. The van der Waals surface area contributed by atoms with Crippen molar-refractivity contribution in [1.29, 1.82) is 0 Å². The van der Waals surface area contributed by atoms with E-state index in [1.54, 1.807) is 6.92 Å². The molecule has 0 radical (unpaired) electrons. The second kappa shape index (κ2) is 11.3. The first kappa shape index (κ1) is 25.9. The van der Waals surface area contributed by atoms with E-state index in [1.807, 2.05) is 60.7 Å². The number of benzene rings is 3. The highest BCUT2D eigenvalue weighted by Crippen LogP contribution is 2.36. The summed E-state index contributed by atoms with van der Waals surface area (Å²) in [6.45, 7) is 4.96. The monoisotopic (exact) mass is 530 g/mol. The Labute approximate surface area is 225 Å². The van der Waals surface area contributed by atoms with Gasteiger partial charge in [-0.1, -0.05) is 54.9 Å². The molecule has 1 aliphatic heterocycles. The Hall–Kier alpha value is -3.78. The van der Waals surface area contributed by atoms with Gasteiger partial charge in [0, 0.05) is 28.3 Å². The Balaban J connectivity index is 1.17. The van der Waals surface area contributed by atoms with Gasteiger partial charge in [0.25, 0.3) is 5.24 Å². The van der Waals surface area contributed by atoms with Crippen LogP contribution >= 0.6 is 11.8 Å². The number of hydrogen-bond acceptors (Lipinski definition) is 7. The smallest absolute Gasteiger partial charge is 0.287 e. The van der Waals surface area contributed by atoms with Crippen molar-refractivity contribution in [2.45, 2.75) is 45.1 Å². The molecule has 2 heterocycles. The Kier molecular flexibility index (Phi) is 7.69. The van der Waals surface area contributed by atoms with Crippen molar-refractivity contribution < 1.29 is 23.6 Å². The molecule has 0 saturated carbocycles. The van der Waals surface area contributed by atoms with Crippen LogP contribution in [0.3, 0.4) is 0 Å². The first-order valence-corrected chi connectivity index (χ1v) is 13.7. The molecule has 1 amide bonds. The fourth-order valence-corrected chi connectivity index (χ4v) is 5.44. The number of amides is 1. The zero-order chi connectivity index (χ0) is 26.5. The molecular weight excluding hydrogens is 500 g/mol. The van der Waals surface area contributed by atoms with E-state index in [4.69, 9.17) is 14.0 Å². The van der Waals surface area contributed by atoms with Gasteiger partial charge in [0.05, 0.1) is 13.2 Å². The maximum atomic E-state index is 12.3. The second-order valence-corrected chi connectivity index (χ2v) is 10.4. The van der Waals surface area contributed by atoms with Crippen LogP contribution in [0.1, 0.15) is 44.2 Å². The zero-order valence-electron chi connectivity index (χ0n) is 21.5. The number of fused-ring (bicyclic) bond motifs is 1. The van der Waals surface area contributed by atoms with Crippen molar-refractivity contribution in [3.8, 4) is 22.8 Å². The summed E-state index contributed by atoms with van der Waals surface area (Å²) in [7, 11) is 0. The summed E-state index contributed by atoms with van der Waals surface area (Å²) in [6, 6.07) is 21.3. The van der Waals surface area contributed by atoms with Gasteiger partial charge in [-0.25, -0.2) is 0 Å². The molecule has 1 fully saturated rings. The lowest BCUT2D eigenvalue weighted by atomic mass is 9.93. The third-order valence-corrected chi connectivity index (χ3v) is 7.57. The van der Waals surface area contributed by atoms with E-state index in [2.05, 4.69) is 23.5 Å². The van der Waals surface area contributed by atoms with Crippen LogP contribution in [-0.4, -0.2) is 28.7 Å². The molecule has 0 aliphatic carbocycles. The molecule has 38 heavy (non-hydrogen) atoms. The van der Waals surface area contributed by atoms with Gasteiger partial charge in [-0.05, 0) is 62.1 Å². The molecule has 0 spiro atoms. The Morgan fingerprint density at radius 3 is 2.55 bits per heavy atom. The molecule has 3 aromatic carbocycles. The minimum absolute atomic E-state index is 0.208. The van der Waals surface area contributed by atoms with E-state index >= 15 is 0 Å². The molecule has 1 aromatic heterocycles. The van der Waals surface area contributed by atoms with Crippen LogP contribution in [0.5, 0.6) is 11.5 Å². The van der Waals surface area contributed by atoms with Crippen LogP contribution in [0.4, 0.5) is 4.79 Å². The van der Waals surface area contributed by atoms with E-state index in [0.717, 1.165) is 59.2 Å². The van der Waals surface area contributed by atoms with Crippen molar-refractivity contribution in [2.75, 3.05) is 13.2 Å². The maximum Gasteiger partial charge on any atom is 0.287 e. The topological polar surface area (TPSA) is 90.7 Å². The van der Waals surface area contributed by atoms with Crippen molar-refractivity contribution in [2.24, 2.45) is 0 Å². The van der Waals surface area contributed by atoms with Gasteiger partial charge < -0.3 is 19.3 Å². The minimum atomic E-state index is -1.03. The molecule has 0 bridgehead atoms. The quantitative estimate of drug-likeness (QED) is 0.211. The van der Waals surface area contributed by atoms with Crippen molar-refractivity contribution in [3.63, 3.8) is 0 Å². The number of nitrogens with zero attached hydrogens (tertiary/aromatic N) is 1. The molecule has 4 aromatic rings. The summed E-state index contributed by atoms with van der Waals surface area (Å²) in [4.78, 5) is 24.0. The van der Waals surface area contributed by atoms with Crippen molar-refractivity contribution >= 4 is 33.1 Å². The summed E-state index contributed by atoms with van der Waals surface area (Å²) >= 11 is 0.706. The minimum Gasteiger partial charge on any atom is -0.494 e. The van der Waals surface area contributed by atoms with Gasteiger partial charge in [-0.15, -0.1) is 0 Å². The number of rotatable bonds is 11. The number of thioether (sulfide) groups is 1. The fourth-order valence-electron chi connectivity index (χ4n) is 4.64. The van der Waals surface area contributed by atoms with Crippen LogP contribution in [-0.2, 0) is 16.8 Å². The Bertz CT molecular complexity index is 1470. The molecule has 8 heteroatoms. The van der Waals surface area contributed by atoms with Gasteiger partial charge in [0.2, 0.25) is 5.12 Å². The average Bonchev–Trinajstić information content (AvgIpc) is 3.47. The molecule has 1 atom stereocenters. The van der Waals surface area contributed by atoms with Crippen LogP contribution in [0.15, 0.2) is 71.3 Å². The fraction of sp³-hybridized carbons (Fsp3) is 0.300. The average molecular weight is 531 g/mol. The van der Waals surface area contributed by atoms with Gasteiger partial charge >= 0.3 is 0 Å². The summed E-state index contributed by atoms with van der Waals surface area (Å²) < 4.78 is 17.7. The predicted octanol–water partition coefficient (Wildman–Crippen LogP) is 6.88. The number of para-hydroxylation sites is 1. The SMILES string of the molecule is CCCc1c(OCCCCOc2cccc(C3(C)NC(=O)SC3=O)c2)cccc1-c1noc2ccccc12. The van der Waals surface area contributed by atoms with Gasteiger partial charge in [0.15, 0.2) is 5.58 Å². The third kappa shape index (κ3) is 5.27. The molecule has 5 rings (SSSR count). The maximum absolute atomic E-state index is 12.3. The lowest BCUT2D eigenvalue weighted by molar-refractivity contribution is -0.115. The van der Waals surface area contributed by atoms with Gasteiger partial charge in [-0.3, -0.25) is 9.59 Å². The number of carbonyl (C=O) groups excluding carboxylic acids is 2. The molecule has 7 nitrogen and oxygen atoms in total. The third-order valence-electron chi connectivity index (χ3n) is 6.69. The molecule has 1 N–H and O–H groups in total. The van der Waals surface area contributed by atoms with Crippen molar-refractivity contribution in [1.82, 2.24) is 10.5 Å². The number of hydrogen-bond donors (Lipinski definition) is 1. The number of unbranched alkanes of at least 4 members (excludes halogenated alkanes) is 1. The first-order chi connectivity index (χ1) is 18.5. The largest absolute Gasteiger partial charge is 0.494 e. The lowest BCUT2D eigenvalue weighted by Gasteiger charge is -2.22. The van der Waals surface area contributed by atoms with E-state index in [-0.39, 0.29) is 10.4 Å². The highest BCUT2D eigenvalue weighted by atomic mass is 32.2. The van der Waals surface area contributed by atoms with Crippen LogP contribution in [0.2, 0.25) is 0 Å². The van der Waals surface area contributed by atoms with Crippen LogP contribution in [0, 0.1) is 0 Å². The van der Waals surface area contributed by atoms with Gasteiger partial charge in [-0.2, -0.15) is 0 Å². The molecule has 1 unspecified atom stereocenters. The Morgan fingerprint density at radius 2 is 1.76 bits per heavy atom. The molecule has 196 valence electrons. The first-order valence-electron chi connectivity index (χ1n) is 12.9. The summed E-state index contributed by atoms with van der Waals surface area (Å²) in [5.74, 6) is 1.54. The summed E-state index contributed by atoms with van der Waals surface area (Å²) in [5, 5.41) is 7.57. The number of carbonyl (C=O) groups is 2. The standard InChI is InChI=1S/C30H30N2O5S/c1-3-10-22-23(27-24-13-4-5-15-26(24)37-32-27)14-9-16-25(22)36-18-7-6-17-35-21-12-8-11-20(19-21)30(2)28(33)38-29(34)31-30/h4-5,8-9,11-16,19H,3,6-7,10,17-18H2,1-2H3,(H,31,34). The molecular formula is C30H30N2O5S. The Morgan fingerprint density at radius 1 is 0.974 bits per heavy atom. The number of ether oxygens (including phenoxy) is 2. The summed E-state index contributed by atoms with van der Waals surface area (Å²) in [5.41, 5.74) is 3.48. The van der Waals surface area contributed by atoms with Crippen LogP contribution in [0.25, 0.3) is 22.2 Å². The zero-order valence-corrected chi connectivity index (χ0v) is 22.3. The van der Waals surface area contributed by atoms with E-state index < -0.39 is 5.54 Å². The molecule has 1 saturated heterocycles. The predicted molar refractivity (Wildman–Crippen MR) is 149 cm³/mol. The number of aromatic nitrogens is 1. The van der Waals surface area contributed by atoms with Gasteiger partial charge in [0.1, 0.15) is 22.7 Å². The van der Waals surface area contributed by atoms with E-state index in [9.17, 15) is 9.59 Å². The lowest BCUT2D eigenvalue weighted by Crippen LogP contribution is -2.39. The van der Waals surface area contributed by atoms with Crippen LogP contribution < -0.4 is 14.8 Å². The highest BCUT2D eigenvalue weighted by molar-refractivity contribution is 8.26. The second-order valence-electron chi connectivity index (χ2n) is 9.42. The molecule has 1 aliphatic rings. The summed E-state index contributed by atoms with van der Waals surface area (Å²) in [6.07, 6.45) is 3.50.